The predicted molar refractivity (Wildman–Crippen MR) is 82.6 cm³/mol. The van der Waals surface area contributed by atoms with Gasteiger partial charge in [-0.25, -0.2) is 0 Å². The minimum Gasteiger partial charge on any atom is -0.361 e. The molecule has 1 aliphatic heterocycles. The summed E-state index contributed by atoms with van der Waals surface area (Å²) >= 11 is 2.03. The molecular weight excluding hydrogens is 252 g/mol. The van der Waals surface area contributed by atoms with E-state index in [9.17, 15) is 0 Å². The first kappa shape index (κ1) is 12.6. The molecule has 0 aromatic carbocycles. The molecule has 2 nitrogen and oxygen atoms in total. The van der Waals surface area contributed by atoms with Gasteiger partial charge < -0.3 is 5.32 Å². The number of thioether (sulfide) groups is 1. The fourth-order valence-electron chi connectivity index (χ4n) is 4.97. The van der Waals surface area contributed by atoms with Crippen molar-refractivity contribution in [2.75, 3.05) is 6.54 Å². The maximum atomic E-state index is 4.79. The summed E-state index contributed by atoms with van der Waals surface area (Å²) < 4.78 is 0. The topological polar surface area (TPSA) is 24.4 Å². The van der Waals surface area contributed by atoms with Gasteiger partial charge in [0.25, 0.3) is 0 Å². The molecule has 1 N–H and O–H groups in total. The van der Waals surface area contributed by atoms with E-state index < -0.39 is 0 Å². The number of rotatable bonds is 2. The van der Waals surface area contributed by atoms with Crippen LogP contribution in [0.4, 0.5) is 0 Å². The van der Waals surface area contributed by atoms with E-state index in [1.54, 1.807) is 0 Å². The van der Waals surface area contributed by atoms with Gasteiger partial charge >= 0.3 is 0 Å². The summed E-state index contributed by atoms with van der Waals surface area (Å²) in [5, 5.41) is 5.91. The Hall–Kier alpha value is -0.180. The average molecular weight is 278 g/mol. The van der Waals surface area contributed by atoms with E-state index in [1.165, 1.54) is 37.3 Å². The molecule has 0 spiro atoms. The minimum atomic E-state index is 0.438. The number of hydrogen-bond donors (Lipinski definition) is 1. The smallest absolute Gasteiger partial charge is 0.157 e. The van der Waals surface area contributed by atoms with Crippen LogP contribution in [-0.4, -0.2) is 23.0 Å². The predicted octanol–water partition coefficient (Wildman–Crippen LogP) is 3.67. The largest absolute Gasteiger partial charge is 0.361 e. The van der Waals surface area contributed by atoms with E-state index in [0.717, 1.165) is 23.6 Å². The summed E-state index contributed by atoms with van der Waals surface area (Å²) in [7, 11) is 0. The lowest BCUT2D eigenvalue weighted by Crippen LogP contribution is -2.51. The lowest BCUT2D eigenvalue weighted by atomic mass is 9.68. The van der Waals surface area contributed by atoms with Crippen LogP contribution in [0.1, 0.15) is 52.9 Å². The van der Waals surface area contributed by atoms with Crippen LogP contribution in [0.25, 0.3) is 0 Å². The van der Waals surface area contributed by atoms with Crippen LogP contribution in [0.3, 0.4) is 0 Å². The van der Waals surface area contributed by atoms with Gasteiger partial charge in [0.2, 0.25) is 0 Å². The Morgan fingerprint density at radius 2 is 2.00 bits per heavy atom. The summed E-state index contributed by atoms with van der Waals surface area (Å²) in [6.07, 6.45) is 7.14. The van der Waals surface area contributed by atoms with Gasteiger partial charge in [-0.1, -0.05) is 32.5 Å². The van der Waals surface area contributed by atoms with Crippen LogP contribution >= 0.6 is 11.8 Å². The third-order valence-corrected chi connectivity index (χ3v) is 7.67. The number of aliphatic imine (C=N–C) groups is 1. The summed E-state index contributed by atoms with van der Waals surface area (Å²) in [6.45, 7) is 8.50. The fourth-order valence-corrected chi connectivity index (χ4v) is 6.20. The Bertz CT molecular complexity index is 422. The number of hydrogen-bond acceptors (Lipinski definition) is 3. The molecule has 0 aromatic rings. The van der Waals surface area contributed by atoms with Gasteiger partial charge in [-0.2, -0.15) is 0 Å². The zero-order valence-corrected chi connectivity index (χ0v) is 13.2. The van der Waals surface area contributed by atoms with Gasteiger partial charge in [0, 0.05) is 11.3 Å². The number of nitrogens with one attached hydrogen (secondary N) is 1. The molecule has 0 amide bonds. The van der Waals surface area contributed by atoms with Crippen LogP contribution in [-0.2, 0) is 0 Å². The fraction of sp³-hybridized carbons (Fsp3) is 0.938. The van der Waals surface area contributed by atoms with Crippen molar-refractivity contribution < 1.29 is 0 Å². The van der Waals surface area contributed by atoms with Crippen molar-refractivity contribution in [3.63, 3.8) is 0 Å². The lowest BCUT2D eigenvalue weighted by Gasteiger charge is -2.43. The van der Waals surface area contributed by atoms with Gasteiger partial charge in [-0.05, 0) is 54.8 Å². The van der Waals surface area contributed by atoms with Gasteiger partial charge in [0.05, 0.1) is 6.54 Å². The molecule has 0 saturated heterocycles. The van der Waals surface area contributed by atoms with E-state index >= 15 is 0 Å². The quantitative estimate of drug-likeness (QED) is 0.833. The number of nitrogens with zero attached hydrogens (tertiary/aromatic N) is 1. The van der Waals surface area contributed by atoms with Crippen molar-refractivity contribution in [2.45, 2.75) is 64.2 Å². The van der Waals surface area contributed by atoms with Crippen molar-refractivity contribution in [2.24, 2.45) is 27.7 Å². The first-order valence-corrected chi connectivity index (χ1v) is 8.85. The highest BCUT2D eigenvalue weighted by atomic mass is 32.2. The molecule has 4 atom stereocenters. The Morgan fingerprint density at radius 1 is 1.21 bits per heavy atom. The second-order valence-electron chi connectivity index (χ2n) is 8.13. The third-order valence-electron chi connectivity index (χ3n) is 6.36. The highest BCUT2D eigenvalue weighted by Crippen LogP contribution is 2.62. The van der Waals surface area contributed by atoms with Gasteiger partial charge in [0.15, 0.2) is 5.17 Å². The first-order chi connectivity index (χ1) is 8.99. The Labute approximate surface area is 121 Å². The van der Waals surface area contributed by atoms with Crippen LogP contribution < -0.4 is 5.32 Å². The molecule has 0 aromatic heterocycles. The highest BCUT2D eigenvalue weighted by Gasteiger charge is 2.59. The SMILES string of the molecule is CC12CCC(C1)C(C)(C)C2NC1=NCC(C2CC2)S1. The van der Waals surface area contributed by atoms with Crippen LogP contribution in [0.15, 0.2) is 4.99 Å². The Morgan fingerprint density at radius 3 is 2.63 bits per heavy atom. The number of amidine groups is 1. The second kappa shape index (κ2) is 3.93. The summed E-state index contributed by atoms with van der Waals surface area (Å²) in [5.74, 6) is 1.89. The molecule has 3 aliphatic carbocycles. The summed E-state index contributed by atoms with van der Waals surface area (Å²) in [4.78, 5) is 4.79. The Kier molecular flexibility index (Phi) is 2.60. The molecule has 1 heterocycles. The standard InChI is InChI=1S/C16H26N2S/c1-15(2)11-6-7-16(3,8-11)13(15)18-14-17-9-12(19-14)10-4-5-10/h10-13H,4-9H2,1-3H3,(H,17,18). The van der Waals surface area contributed by atoms with Gasteiger partial charge in [-0.15, -0.1) is 0 Å². The normalized spacial score (nSPS) is 47.5. The van der Waals surface area contributed by atoms with E-state index in [2.05, 4.69) is 26.1 Å². The first-order valence-electron chi connectivity index (χ1n) is 7.97. The second-order valence-corrected chi connectivity index (χ2v) is 9.36. The van der Waals surface area contributed by atoms with Crippen LogP contribution in [0.2, 0.25) is 0 Å². The third kappa shape index (κ3) is 1.87. The molecule has 2 bridgehead atoms. The van der Waals surface area contributed by atoms with Crippen molar-refractivity contribution in [1.82, 2.24) is 5.32 Å². The molecule has 3 fully saturated rings. The zero-order valence-electron chi connectivity index (χ0n) is 12.4. The molecule has 0 radical (unpaired) electrons. The van der Waals surface area contributed by atoms with E-state index in [4.69, 9.17) is 4.99 Å². The van der Waals surface area contributed by atoms with Crippen molar-refractivity contribution >= 4 is 16.9 Å². The lowest BCUT2D eigenvalue weighted by molar-refractivity contribution is 0.126. The minimum absolute atomic E-state index is 0.438. The van der Waals surface area contributed by atoms with E-state index in [0.29, 0.717) is 16.9 Å². The highest BCUT2D eigenvalue weighted by molar-refractivity contribution is 8.14. The molecular formula is C16H26N2S. The van der Waals surface area contributed by atoms with Crippen LogP contribution in [0, 0.1) is 22.7 Å². The monoisotopic (exact) mass is 278 g/mol. The maximum absolute atomic E-state index is 4.79. The van der Waals surface area contributed by atoms with Crippen molar-refractivity contribution in [1.29, 1.82) is 0 Å². The molecule has 19 heavy (non-hydrogen) atoms. The zero-order chi connectivity index (χ0) is 13.3. The van der Waals surface area contributed by atoms with Crippen LogP contribution in [0.5, 0.6) is 0 Å². The van der Waals surface area contributed by atoms with E-state index in [1.807, 2.05) is 11.8 Å². The molecule has 4 aliphatic rings. The average Bonchev–Trinajstić information content (AvgIpc) is 2.90. The molecule has 3 heteroatoms. The number of fused-ring (bicyclic) bond motifs is 2. The summed E-state index contributed by atoms with van der Waals surface area (Å²) in [5.41, 5.74) is 0.947. The molecule has 3 saturated carbocycles. The Balaban J connectivity index is 1.47. The van der Waals surface area contributed by atoms with Gasteiger partial charge in [0.1, 0.15) is 0 Å². The van der Waals surface area contributed by atoms with E-state index in [-0.39, 0.29) is 0 Å². The molecule has 4 rings (SSSR count). The van der Waals surface area contributed by atoms with Gasteiger partial charge in [-0.3, -0.25) is 4.99 Å². The molecule has 4 unspecified atom stereocenters. The van der Waals surface area contributed by atoms with Crippen molar-refractivity contribution in [3.8, 4) is 0 Å². The summed E-state index contributed by atoms with van der Waals surface area (Å²) in [6, 6.07) is 0.628. The maximum Gasteiger partial charge on any atom is 0.157 e. The molecule has 106 valence electrons. The van der Waals surface area contributed by atoms with Crippen molar-refractivity contribution in [3.05, 3.63) is 0 Å².